The second-order valence-corrected chi connectivity index (χ2v) is 7.33. The number of aromatic nitrogens is 2. The summed E-state index contributed by atoms with van der Waals surface area (Å²) in [6, 6.07) is 8.63. The summed E-state index contributed by atoms with van der Waals surface area (Å²) < 4.78 is 6.00. The van der Waals surface area contributed by atoms with Gasteiger partial charge in [0.25, 0.3) is 0 Å². The highest BCUT2D eigenvalue weighted by Gasteiger charge is 2.25. The van der Waals surface area contributed by atoms with Crippen LogP contribution in [0.1, 0.15) is 12.5 Å². The first-order valence-electron chi connectivity index (χ1n) is 8.69. The summed E-state index contributed by atoms with van der Waals surface area (Å²) in [5.74, 6) is -0.0282. The number of hydrogen-bond acceptors (Lipinski definition) is 4. The molecule has 8 heteroatoms. The van der Waals surface area contributed by atoms with Gasteiger partial charge in [0.15, 0.2) is 0 Å². The number of benzene rings is 1. The third kappa shape index (κ3) is 4.33. The number of nitrogens with one attached hydrogen (secondary N) is 2. The van der Waals surface area contributed by atoms with Gasteiger partial charge in [0.2, 0.25) is 17.7 Å². The molecule has 0 bridgehead atoms. The number of ether oxygens (including phenoxy) is 1. The molecule has 0 saturated heterocycles. The van der Waals surface area contributed by atoms with Crippen molar-refractivity contribution in [2.24, 2.45) is 0 Å². The topological polar surface area (TPSA) is 87.3 Å². The van der Waals surface area contributed by atoms with Crippen molar-refractivity contribution in [3.05, 3.63) is 52.8 Å². The fourth-order valence-electron chi connectivity index (χ4n) is 3.04. The minimum atomic E-state index is -0.706. The number of pyridine rings is 1. The zero-order valence-corrected chi connectivity index (χ0v) is 17.4. The third-order valence-corrected chi connectivity index (χ3v) is 4.97. The fourth-order valence-corrected chi connectivity index (χ4v) is 3.40. The summed E-state index contributed by atoms with van der Waals surface area (Å²) in [4.78, 5) is 33.6. The van der Waals surface area contributed by atoms with E-state index < -0.39 is 6.04 Å². The van der Waals surface area contributed by atoms with Crippen LogP contribution in [0.15, 0.2) is 47.2 Å². The van der Waals surface area contributed by atoms with Gasteiger partial charge < -0.3 is 19.9 Å². The first kappa shape index (κ1) is 19.9. The first-order chi connectivity index (χ1) is 13.4. The molecule has 2 amide bonds. The number of anilines is 1. The van der Waals surface area contributed by atoms with Crippen molar-refractivity contribution in [3.63, 3.8) is 0 Å². The lowest BCUT2D eigenvalue weighted by molar-refractivity contribution is -0.126. The van der Waals surface area contributed by atoms with Crippen molar-refractivity contribution in [2.45, 2.75) is 19.4 Å². The molecule has 28 heavy (non-hydrogen) atoms. The van der Waals surface area contributed by atoms with E-state index in [1.165, 1.54) is 18.9 Å². The predicted molar refractivity (Wildman–Crippen MR) is 112 cm³/mol. The van der Waals surface area contributed by atoms with Gasteiger partial charge in [-0.15, -0.1) is 0 Å². The Hall–Kier alpha value is -2.87. The molecule has 2 N–H and O–H groups in total. The average Bonchev–Trinajstić information content (AvgIpc) is 3.08. The zero-order chi connectivity index (χ0) is 20.3. The number of carbonyl (C=O) groups excluding carboxylic acids is 2. The van der Waals surface area contributed by atoms with Crippen molar-refractivity contribution < 1.29 is 14.3 Å². The van der Waals surface area contributed by atoms with Crippen LogP contribution in [0.5, 0.6) is 5.88 Å². The number of amides is 2. The van der Waals surface area contributed by atoms with Crippen LogP contribution in [-0.2, 0) is 16.0 Å². The highest BCUT2D eigenvalue weighted by atomic mass is 79.9. The van der Waals surface area contributed by atoms with E-state index in [4.69, 9.17) is 4.74 Å². The summed E-state index contributed by atoms with van der Waals surface area (Å²) in [5, 5.41) is 3.78. The molecule has 1 aromatic carbocycles. The second-order valence-electron chi connectivity index (χ2n) is 6.42. The number of halogens is 1. The summed E-state index contributed by atoms with van der Waals surface area (Å²) in [6.45, 7) is 1.40. The molecule has 0 unspecified atom stereocenters. The molecule has 2 aromatic heterocycles. The monoisotopic (exact) mass is 444 g/mol. The smallest absolute Gasteiger partial charge is 0.249 e. The Morgan fingerprint density at radius 2 is 2.11 bits per heavy atom. The van der Waals surface area contributed by atoms with Crippen LogP contribution in [-0.4, -0.2) is 42.0 Å². The maximum atomic E-state index is 13.1. The molecule has 0 aliphatic heterocycles. The van der Waals surface area contributed by atoms with Crippen LogP contribution in [0.4, 0.5) is 5.69 Å². The molecule has 146 valence electrons. The summed E-state index contributed by atoms with van der Waals surface area (Å²) in [6.07, 6.45) is 3.79. The average molecular weight is 445 g/mol. The van der Waals surface area contributed by atoms with E-state index in [1.807, 2.05) is 24.4 Å². The number of hydrogen-bond donors (Lipinski definition) is 2. The molecule has 2 heterocycles. The second kappa shape index (κ2) is 8.43. The number of methoxy groups -OCH3 is 1. The number of fused-ring (bicyclic) bond motifs is 1. The maximum absolute atomic E-state index is 13.1. The van der Waals surface area contributed by atoms with Crippen LogP contribution in [0, 0.1) is 0 Å². The maximum Gasteiger partial charge on any atom is 0.249 e. The SMILES string of the molecule is COc1ccc(N(C)C(=O)[C@@H](Cc2c[nH]c3ccc(Br)cc23)NC(C)=O)cn1. The summed E-state index contributed by atoms with van der Waals surface area (Å²) >= 11 is 3.48. The Morgan fingerprint density at radius 3 is 2.75 bits per heavy atom. The molecule has 3 aromatic rings. The molecule has 3 rings (SSSR count). The van der Waals surface area contributed by atoms with E-state index in [9.17, 15) is 9.59 Å². The van der Waals surface area contributed by atoms with Crippen molar-refractivity contribution in [2.75, 3.05) is 19.1 Å². The minimum Gasteiger partial charge on any atom is -0.481 e. The lowest BCUT2D eigenvalue weighted by Gasteiger charge is -2.24. The van der Waals surface area contributed by atoms with Gasteiger partial charge in [0, 0.05) is 48.0 Å². The molecule has 0 spiro atoms. The molecule has 0 saturated carbocycles. The predicted octanol–water partition coefficient (Wildman–Crippen LogP) is 3.04. The number of carbonyl (C=O) groups is 2. The molecular formula is C20H21BrN4O3. The molecular weight excluding hydrogens is 424 g/mol. The lowest BCUT2D eigenvalue weighted by Crippen LogP contribution is -2.48. The van der Waals surface area contributed by atoms with Crippen LogP contribution in [0.2, 0.25) is 0 Å². The van der Waals surface area contributed by atoms with Crippen LogP contribution >= 0.6 is 15.9 Å². The largest absolute Gasteiger partial charge is 0.481 e. The molecule has 0 fully saturated rings. The van der Waals surface area contributed by atoms with E-state index in [2.05, 4.69) is 31.2 Å². The Bertz CT molecular complexity index is 1000. The fraction of sp³-hybridized carbons (Fsp3) is 0.250. The zero-order valence-electron chi connectivity index (χ0n) is 15.8. The van der Waals surface area contributed by atoms with Gasteiger partial charge in [-0.1, -0.05) is 15.9 Å². The van der Waals surface area contributed by atoms with E-state index >= 15 is 0 Å². The first-order valence-corrected chi connectivity index (χ1v) is 9.48. The Labute approximate surface area is 171 Å². The molecule has 0 radical (unpaired) electrons. The van der Waals surface area contributed by atoms with Gasteiger partial charge in [0.1, 0.15) is 6.04 Å². The van der Waals surface area contributed by atoms with Crippen molar-refractivity contribution in [3.8, 4) is 5.88 Å². The van der Waals surface area contributed by atoms with Gasteiger partial charge in [-0.05, 0) is 29.8 Å². The summed E-state index contributed by atoms with van der Waals surface area (Å²) in [5.41, 5.74) is 2.53. The number of aromatic amines is 1. The lowest BCUT2D eigenvalue weighted by atomic mass is 10.0. The quantitative estimate of drug-likeness (QED) is 0.611. The summed E-state index contributed by atoms with van der Waals surface area (Å²) in [7, 11) is 3.19. The molecule has 0 aliphatic carbocycles. The molecule has 0 aliphatic rings. The van der Waals surface area contributed by atoms with E-state index in [-0.39, 0.29) is 11.8 Å². The third-order valence-electron chi connectivity index (χ3n) is 4.48. The van der Waals surface area contributed by atoms with Crippen molar-refractivity contribution >= 4 is 44.3 Å². The van der Waals surface area contributed by atoms with Gasteiger partial charge >= 0.3 is 0 Å². The van der Waals surface area contributed by atoms with E-state index in [0.717, 1.165) is 20.9 Å². The van der Waals surface area contributed by atoms with Crippen LogP contribution in [0.3, 0.4) is 0 Å². The number of rotatable bonds is 6. The van der Waals surface area contributed by atoms with E-state index in [1.54, 1.807) is 25.4 Å². The van der Waals surface area contributed by atoms with E-state index in [0.29, 0.717) is 18.0 Å². The van der Waals surface area contributed by atoms with Crippen LogP contribution in [0.25, 0.3) is 10.9 Å². The Balaban J connectivity index is 1.86. The highest BCUT2D eigenvalue weighted by Crippen LogP contribution is 2.24. The molecule has 7 nitrogen and oxygen atoms in total. The van der Waals surface area contributed by atoms with Gasteiger partial charge in [0.05, 0.1) is 19.0 Å². The minimum absolute atomic E-state index is 0.230. The normalized spacial score (nSPS) is 11.9. The standard InChI is InChI=1S/C20H21BrN4O3/c1-12(26)24-18(8-13-10-22-17-6-4-14(21)9-16(13)17)20(27)25(2)15-5-7-19(28-3)23-11-15/h4-7,9-11,18,22H,8H2,1-3H3,(H,24,26)/t18-/m1/s1. The highest BCUT2D eigenvalue weighted by molar-refractivity contribution is 9.10. The van der Waals surface area contributed by atoms with Gasteiger partial charge in [-0.25, -0.2) is 4.98 Å². The van der Waals surface area contributed by atoms with Gasteiger partial charge in [-0.3, -0.25) is 9.59 Å². The number of nitrogens with zero attached hydrogens (tertiary/aromatic N) is 2. The van der Waals surface area contributed by atoms with Crippen LogP contribution < -0.4 is 15.0 Å². The van der Waals surface area contributed by atoms with Crippen molar-refractivity contribution in [1.82, 2.24) is 15.3 Å². The molecule has 1 atom stereocenters. The Kier molecular flexibility index (Phi) is 5.99. The number of H-pyrrole nitrogens is 1. The number of likely N-dealkylation sites (N-methyl/N-ethyl adjacent to an activating group) is 1. The van der Waals surface area contributed by atoms with Gasteiger partial charge in [-0.2, -0.15) is 0 Å². The van der Waals surface area contributed by atoms with Crippen molar-refractivity contribution in [1.29, 1.82) is 0 Å². The Morgan fingerprint density at radius 1 is 1.32 bits per heavy atom.